The summed E-state index contributed by atoms with van der Waals surface area (Å²) in [5.74, 6) is 0. The molecule has 0 unspecified atom stereocenters. The van der Waals surface area contributed by atoms with Gasteiger partial charge >= 0.3 is 6.18 Å². The first kappa shape index (κ1) is 11.4. The Morgan fingerprint density at radius 1 is 1.50 bits per heavy atom. The van der Waals surface area contributed by atoms with E-state index >= 15 is 0 Å². The van der Waals surface area contributed by atoms with Crippen LogP contribution >= 0.6 is 0 Å². The molecule has 1 heterocycles. The van der Waals surface area contributed by atoms with Crippen molar-refractivity contribution in [3.63, 3.8) is 0 Å². The van der Waals surface area contributed by atoms with Crippen molar-refractivity contribution in [2.45, 2.75) is 25.4 Å². The van der Waals surface area contributed by atoms with Gasteiger partial charge in [-0.3, -0.25) is 4.68 Å². The Balaban J connectivity index is 2.19. The van der Waals surface area contributed by atoms with Gasteiger partial charge in [-0.15, -0.1) is 0 Å². The summed E-state index contributed by atoms with van der Waals surface area (Å²) in [5.41, 5.74) is 5.42. The van der Waals surface area contributed by atoms with Crippen LogP contribution in [-0.2, 0) is 19.6 Å². The molecular weight excluding hydrogens is 219 g/mol. The topological polar surface area (TPSA) is 43.8 Å². The highest BCUT2D eigenvalue weighted by Crippen LogP contribution is 2.47. The molecule has 1 aromatic heterocycles. The number of aryl methyl sites for hydroxylation is 1. The number of halogens is 3. The second-order valence-corrected chi connectivity index (χ2v) is 4.52. The smallest absolute Gasteiger partial charge is 0.330 e. The van der Waals surface area contributed by atoms with E-state index in [9.17, 15) is 13.2 Å². The molecule has 3 nitrogen and oxygen atoms in total. The summed E-state index contributed by atoms with van der Waals surface area (Å²) < 4.78 is 38.5. The fourth-order valence-electron chi connectivity index (χ4n) is 1.82. The number of alkyl halides is 3. The molecular formula is C10H14F3N3. The Morgan fingerprint density at radius 2 is 2.12 bits per heavy atom. The molecule has 0 amide bonds. The van der Waals surface area contributed by atoms with Gasteiger partial charge in [0.15, 0.2) is 5.69 Å². The second kappa shape index (κ2) is 3.48. The van der Waals surface area contributed by atoms with Crippen molar-refractivity contribution in [2.75, 3.05) is 6.54 Å². The number of hydrogen-bond donors (Lipinski definition) is 1. The minimum absolute atomic E-state index is 0.0245. The zero-order chi connectivity index (χ0) is 12.0. The third-order valence-electron chi connectivity index (χ3n) is 3.21. The van der Waals surface area contributed by atoms with Crippen molar-refractivity contribution in [3.8, 4) is 0 Å². The maximum atomic E-state index is 12.4. The first-order valence-corrected chi connectivity index (χ1v) is 5.16. The zero-order valence-corrected chi connectivity index (χ0v) is 9.01. The average molecular weight is 233 g/mol. The van der Waals surface area contributed by atoms with Crippen LogP contribution in [0.15, 0.2) is 6.07 Å². The van der Waals surface area contributed by atoms with Crippen LogP contribution < -0.4 is 5.73 Å². The molecule has 1 saturated carbocycles. The van der Waals surface area contributed by atoms with E-state index in [1.165, 1.54) is 11.7 Å². The quantitative estimate of drug-likeness (QED) is 0.863. The molecule has 1 aliphatic carbocycles. The van der Waals surface area contributed by atoms with E-state index in [2.05, 4.69) is 5.10 Å². The van der Waals surface area contributed by atoms with Crippen molar-refractivity contribution in [3.05, 3.63) is 17.5 Å². The third-order valence-corrected chi connectivity index (χ3v) is 3.21. The number of nitrogens with two attached hydrogens (primary N) is 1. The molecule has 0 saturated heterocycles. The summed E-state index contributed by atoms with van der Waals surface area (Å²) >= 11 is 0. The Kier molecular flexibility index (Phi) is 2.49. The van der Waals surface area contributed by atoms with Crippen LogP contribution in [-0.4, -0.2) is 16.3 Å². The lowest BCUT2D eigenvalue weighted by Gasteiger charge is -2.11. The number of nitrogens with zero attached hydrogens (tertiary/aromatic N) is 2. The number of rotatable bonds is 3. The highest BCUT2D eigenvalue weighted by Gasteiger charge is 2.43. The Morgan fingerprint density at radius 3 is 2.50 bits per heavy atom. The lowest BCUT2D eigenvalue weighted by atomic mass is 10.0. The molecule has 1 fully saturated rings. The fraction of sp³-hybridized carbons (Fsp3) is 0.700. The standard InChI is InChI=1S/C10H14F3N3/c1-16-7(5-9(6-14)2-3-9)4-8(15-16)10(11,12)13/h4H,2-3,5-6,14H2,1H3. The Labute approximate surface area is 91.4 Å². The van der Waals surface area contributed by atoms with Crippen LogP contribution in [0, 0.1) is 5.41 Å². The third kappa shape index (κ3) is 2.07. The van der Waals surface area contributed by atoms with E-state index in [1.54, 1.807) is 0 Å². The SMILES string of the molecule is Cn1nc(C(F)(F)F)cc1CC1(CN)CC1. The minimum Gasteiger partial charge on any atom is -0.330 e. The minimum atomic E-state index is -4.37. The van der Waals surface area contributed by atoms with E-state index in [0.717, 1.165) is 18.9 Å². The predicted octanol–water partition coefficient (Wildman–Crippen LogP) is 1.72. The summed E-state index contributed by atoms with van der Waals surface area (Å²) in [5, 5.41) is 3.48. The van der Waals surface area contributed by atoms with Crippen LogP contribution in [0.2, 0.25) is 0 Å². The van der Waals surface area contributed by atoms with E-state index in [0.29, 0.717) is 18.7 Å². The van der Waals surface area contributed by atoms with Crippen LogP contribution in [0.3, 0.4) is 0 Å². The normalized spacial score (nSPS) is 18.8. The maximum absolute atomic E-state index is 12.4. The number of hydrogen-bond acceptors (Lipinski definition) is 2. The number of aromatic nitrogens is 2. The van der Waals surface area contributed by atoms with Crippen molar-refractivity contribution < 1.29 is 13.2 Å². The van der Waals surface area contributed by atoms with Gasteiger partial charge in [-0.25, -0.2) is 0 Å². The summed E-state index contributed by atoms with van der Waals surface area (Å²) in [6.07, 6.45) is -1.79. The van der Waals surface area contributed by atoms with E-state index in [1.807, 2.05) is 0 Å². The molecule has 2 rings (SSSR count). The van der Waals surface area contributed by atoms with Gasteiger partial charge in [0.05, 0.1) is 0 Å². The second-order valence-electron chi connectivity index (χ2n) is 4.52. The van der Waals surface area contributed by atoms with Gasteiger partial charge in [0, 0.05) is 12.7 Å². The summed E-state index contributed by atoms with van der Waals surface area (Å²) in [7, 11) is 1.54. The first-order valence-electron chi connectivity index (χ1n) is 5.16. The van der Waals surface area contributed by atoms with Gasteiger partial charge in [-0.2, -0.15) is 18.3 Å². The van der Waals surface area contributed by atoms with Crippen molar-refractivity contribution in [2.24, 2.45) is 18.2 Å². The lowest BCUT2D eigenvalue weighted by molar-refractivity contribution is -0.141. The van der Waals surface area contributed by atoms with Crippen LogP contribution in [0.5, 0.6) is 0 Å². The molecule has 1 aromatic rings. The predicted molar refractivity (Wildman–Crippen MR) is 52.6 cm³/mol. The monoisotopic (exact) mass is 233 g/mol. The molecule has 0 spiro atoms. The van der Waals surface area contributed by atoms with Crippen LogP contribution in [0.25, 0.3) is 0 Å². The van der Waals surface area contributed by atoms with Crippen LogP contribution in [0.4, 0.5) is 13.2 Å². The molecule has 2 N–H and O–H groups in total. The van der Waals surface area contributed by atoms with E-state index in [4.69, 9.17) is 5.73 Å². The Hall–Kier alpha value is -1.04. The summed E-state index contributed by atoms with van der Waals surface area (Å²) in [4.78, 5) is 0. The molecule has 6 heteroatoms. The molecule has 0 radical (unpaired) electrons. The molecule has 90 valence electrons. The van der Waals surface area contributed by atoms with Gasteiger partial charge < -0.3 is 5.73 Å². The van der Waals surface area contributed by atoms with Crippen molar-refractivity contribution in [1.29, 1.82) is 0 Å². The van der Waals surface area contributed by atoms with Gasteiger partial charge in [0.2, 0.25) is 0 Å². The summed E-state index contributed by atoms with van der Waals surface area (Å²) in [6, 6.07) is 1.12. The van der Waals surface area contributed by atoms with Crippen molar-refractivity contribution >= 4 is 0 Å². The zero-order valence-electron chi connectivity index (χ0n) is 9.01. The van der Waals surface area contributed by atoms with Crippen LogP contribution in [0.1, 0.15) is 24.2 Å². The van der Waals surface area contributed by atoms with Gasteiger partial charge in [-0.1, -0.05) is 0 Å². The first-order chi connectivity index (χ1) is 7.36. The molecule has 1 aliphatic rings. The largest absolute Gasteiger partial charge is 0.435 e. The summed E-state index contributed by atoms with van der Waals surface area (Å²) in [6.45, 7) is 0.527. The fourth-order valence-corrected chi connectivity index (χ4v) is 1.82. The maximum Gasteiger partial charge on any atom is 0.435 e. The van der Waals surface area contributed by atoms with E-state index in [-0.39, 0.29) is 5.41 Å². The molecule has 0 atom stereocenters. The molecule has 0 aromatic carbocycles. The lowest BCUT2D eigenvalue weighted by Crippen LogP contribution is -2.19. The highest BCUT2D eigenvalue weighted by molar-refractivity contribution is 5.16. The molecule has 0 bridgehead atoms. The average Bonchev–Trinajstić information content (AvgIpc) is 2.85. The van der Waals surface area contributed by atoms with Crippen molar-refractivity contribution in [1.82, 2.24) is 9.78 Å². The van der Waals surface area contributed by atoms with Gasteiger partial charge in [0.25, 0.3) is 0 Å². The molecule has 16 heavy (non-hydrogen) atoms. The van der Waals surface area contributed by atoms with Gasteiger partial charge in [0.1, 0.15) is 0 Å². The highest BCUT2D eigenvalue weighted by atomic mass is 19.4. The Bertz CT molecular complexity index is 391. The van der Waals surface area contributed by atoms with E-state index < -0.39 is 11.9 Å². The van der Waals surface area contributed by atoms with Gasteiger partial charge in [-0.05, 0) is 37.3 Å². The molecule has 0 aliphatic heterocycles.